The van der Waals surface area contributed by atoms with E-state index in [1.807, 2.05) is 6.07 Å². The Morgan fingerprint density at radius 1 is 1.17 bits per heavy atom. The topological polar surface area (TPSA) is 127 Å². The van der Waals surface area contributed by atoms with Crippen molar-refractivity contribution >= 4 is 28.7 Å². The second kappa shape index (κ2) is 8.80. The van der Waals surface area contributed by atoms with Crippen molar-refractivity contribution in [1.82, 2.24) is 0 Å². The summed E-state index contributed by atoms with van der Waals surface area (Å²) in [6.07, 6.45) is 2.52. The Balaban J connectivity index is 1.79. The molecule has 0 aromatic heterocycles. The molecule has 0 saturated carbocycles. The number of nitrogens with two attached hydrogens (primary N) is 1. The lowest BCUT2D eigenvalue weighted by Crippen LogP contribution is -2.22. The van der Waals surface area contributed by atoms with Crippen LogP contribution in [0.5, 0.6) is 0 Å². The molecule has 1 aliphatic carbocycles. The van der Waals surface area contributed by atoms with Gasteiger partial charge < -0.3 is 11.1 Å². The van der Waals surface area contributed by atoms with Crippen LogP contribution >= 0.6 is 0 Å². The monoisotopic (exact) mass is 390 g/mol. The first-order valence-corrected chi connectivity index (χ1v) is 8.89. The standard InChI is InChI=1S/C21H19FN6O/c22-15-7-5-13(6-8-15)14-9-16(11-17(29)10-14)26-18-3-1-2-4-19(18)27-28-20(12-23)21(24)25/h1-8,11,14,26-27H,9-10H2,(H3,24,25)/b28-20+. The second-order valence-electron chi connectivity index (χ2n) is 6.56. The zero-order valence-electron chi connectivity index (χ0n) is 15.4. The SMILES string of the molecule is N#C/C(=N\Nc1ccccc1NC1=CC(=O)CC(c2ccc(F)cc2)C1)C(=N)N. The van der Waals surface area contributed by atoms with Gasteiger partial charge >= 0.3 is 0 Å². The molecule has 0 heterocycles. The van der Waals surface area contributed by atoms with Crippen molar-refractivity contribution in [3.05, 3.63) is 71.7 Å². The first-order chi connectivity index (χ1) is 14.0. The molecule has 0 amide bonds. The Morgan fingerprint density at radius 3 is 2.52 bits per heavy atom. The summed E-state index contributed by atoms with van der Waals surface area (Å²) < 4.78 is 13.2. The van der Waals surface area contributed by atoms with Gasteiger partial charge in [0.1, 0.15) is 11.9 Å². The van der Waals surface area contributed by atoms with Crippen LogP contribution in [0, 0.1) is 22.6 Å². The van der Waals surface area contributed by atoms with Crippen LogP contribution in [-0.4, -0.2) is 17.3 Å². The number of amidine groups is 1. The highest BCUT2D eigenvalue weighted by atomic mass is 19.1. The van der Waals surface area contributed by atoms with Crippen molar-refractivity contribution < 1.29 is 9.18 Å². The number of hydrazone groups is 1. The van der Waals surface area contributed by atoms with Crippen LogP contribution in [0.4, 0.5) is 15.8 Å². The highest BCUT2D eigenvalue weighted by Crippen LogP contribution is 2.33. The van der Waals surface area contributed by atoms with E-state index in [-0.39, 0.29) is 23.2 Å². The van der Waals surface area contributed by atoms with Gasteiger partial charge in [-0.2, -0.15) is 10.4 Å². The summed E-state index contributed by atoms with van der Waals surface area (Å²) in [5, 5.41) is 23.3. The molecule has 7 nitrogen and oxygen atoms in total. The molecule has 1 unspecified atom stereocenters. The lowest BCUT2D eigenvalue weighted by atomic mass is 9.85. The van der Waals surface area contributed by atoms with Gasteiger partial charge in [-0.05, 0) is 42.2 Å². The van der Waals surface area contributed by atoms with Crippen LogP contribution in [-0.2, 0) is 4.79 Å². The Morgan fingerprint density at radius 2 is 1.86 bits per heavy atom. The van der Waals surface area contributed by atoms with Crippen molar-refractivity contribution in [1.29, 1.82) is 10.7 Å². The number of nitrogens with one attached hydrogen (secondary N) is 3. The molecule has 2 aromatic rings. The third kappa shape index (κ3) is 5.05. The van der Waals surface area contributed by atoms with Gasteiger partial charge in [0.05, 0.1) is 11.4 Å². The van der Waals surface area contributed by atoms with E-state index in [0.29, 0.717) is 24.2 Å². The number of halogens is 1. The zero-order valence-corrected chi connectivity index (χ0v) is 15.4. The fraction of sp³-hybridized carbons (Fsp3) is 0.143. The molecular weight excluding hydrogens is 371 g/mol. The van der Waals surface area contributed by atoms with Crippen LogP contribution in [0.2, 0.25) is 0 Å². The summed E-state index contributed by atoms with van der Waals surface area (Å²) in [5.74, 6) is -0.808. The Hall–Kier alpha value is -3.99. The van der Waals surface area contributed by atoms with E-state index in [4.69, 9.17) is 16.4 Å². The van der Waals surface area contributed by atoms with Crippen molar-refractivity contribution in [3.8, 4) is 6.07 Å². The van der Waals surface area contributed by atoms with E-state index < -0.39 is 5.84 Å². The molecule has 0 bridgehead atoms. The zero-order chi connectivity index (χ0) is 20.8. The number of hydrogen-bond acceptors (Lipinski definition) is 6. The minimum Gasteiger partial charge on any atom is -0.382 e. The molecule has 29 heavy (non-hydrogen) atoms. The molecular formula is C21H19FN6O. The molecule has 0 aliphatic heterocycles. The first-order valence-electron chi connectivity index (χ1n) is 8.89. The summed E-state index contributed by atoms with van der Waals surface area (Å²) in [4.78, 5) is 12.2. The molecule has 0 saturated heterocycles. The van der Waals surface area contributed by atoms with Crippen LogP contribution in [0.25, 0.3) is 0 Å². The van der Waals surface area contributed by atoms with Gasteiger partial charge in [0.25, 0.3) is 0 Å². The fourth-order valence-corrected chi connectivity index (χ4v) is 3.07. The van der Waals surface area contributed by atoms with Crippen LogP contribution in [0.15, 0.2) is 65.4 Å². The maximum absolute atomic E-state index is 13.2. The lowest BCUT2D eigenvalue weighted by Gasteiger charge is -2.24. The number of allylic oxidation sites excluding steroid dienone is 2. The lowest BCUT2D eigenvalue weighted by molar-refractivity contribution is -0.115. The number of para-hydroxylation sites is 2. The van der Waals surface area contributed by atoms with Gasteiger partial charge in [0, 0.05) is 18.2 Å². The van der Waals surface area contributed by atoms with Gasteiger partial charge in [-0.25, -0.2) is 4.39 Å². The van der Waals surface area contributed by atoms with Gasteiger partial charge in [-0.1, -0.05) is 24.3 Å². The van der Waals surface area contributed by atoms with Gasteiger partial charge in [0.2, 0.25) is 5.71 Å². The third-order valence-corrected chi connectivity index (χ3v) is 4.46. The molecule has 2 aromatic carbocycles. The molecule has 3 rings (SSSR count). The number of rotatable bonds is 6. The van der Waals surface area contributed by atoms with Gasteiger partial charge in [-0.3, -0.25) is 15.6 Å². The first kappa shape index (κ1) is 19.8. The minimum absolute atomic E-state index is 0.0140. The van der Waals surface area contributed by atoms with E-state index in [2.05, 4.69) is 15.8 Å². The maximum atomic E-state index is 13.2. The summed E-state index contributed by atoms with van der Waals surface area (Å²) in [6, 6.07) is 15.1. The number of benzene rings is 2. The highest BCUT2D eigenvalue weighted by molar-refractivity contribution is 6.45. The minimum atomic E-state index is -0.437. The molecule has 0 radical (unpaired) electrons. The second-order valence-corrected chi connectivity index (χ2v) is 6.56. The van der Waals surface area contributed by atoms with Crippen molar-refractivity contribution in [3.63, 3.8) is 0 Å². The number of nitrogens with zero attached hydrogens (tertiary/aromatic N) is 2. The Labute approximate surface area is 167 Å². The van der Waals surface area contributed by atoms with Gasteiger partial charge in [0.15, 0.2) is 11.6 Å². The number of ketones is 1. The van der Waals surface area contributed by atoms with Crippen molar-refractivity contribution in [2.24, 2.45) is 10.8 Å². The molecule has 8 heteroatoms. The Bertz CT molecular complexity index is 1040. The molecule has 1 aliphatic rings. The molecule has 5 N–H and O–H groups in total. The summed E-state index contributed by atoms with van der Waals surface area (Å²) in [5.41, 5.74) is 10.6. The molecule has 0 spiro atoms. The highest BCUT2D eigenvalue weighted by Gasteiger charge is 2.22. The maximum Gasteiger partial charge on any atom is 0.201 e. The quantitative estimate of drug-likeness (QED) is 0.341. The summed E-state index contributed by atoms with van der Waals surface area (Å²) >= 11 is 0. The fourth-order valence-electron chi connectivity index (χ4n) is 3.07. The van der Waals surface area contributed by atoms with E-state index in [0.717, 1.165) is 11.3 Å². The average Bonchev–Trinajstić information content (AvgIpc) is 2.69. The summed E-state index contributed by atoms with van der Waals surface area (Å²) in [7, 11) is 0. The van der Waals surface area contributed by atoms with Gasteiger partial charge in [-0.15, -0.1) is 0 Å². The van der Waals surface area contributed by atoms with Crippen LogP contribution < -0.4 is 16.5 Å². The third-order valence-electron chi connectivity index (χ3n) is 4.46. The van der Waals surface area contributed by atoms with E-state index in [1.54, 1.807) is 42.5 Å². The summed E-state index contributed by atoms with van der Waals surface area (Å²) in [6.45, 7) is 0. The predicted molar refractivity (Wildman–Crippen MR) is 110 cm³/mol. The number of carbonyl (C=O) groups is 1. The normalized spacial score (nSPS) is 16.6. The van der Waals surface area contributed by atoms with Crippen molar-refractivity contribution in [2.45, 2.75) is 18.8 Å². The Kier molecular flexibility index (Phi) is 6.00. The molecule has 1 atom stereocenters. The van der Waals surface area contributed by atoms with Crippen LogP contribution in [0.1, 0.15) is 24.3 Å². The number of anilines is 2. The van der Waals surface area contributed by atoms with E-state index in [9.17, 15) is 9.18 Å². The molecule has 0 fully saturated rings. The van der Waals surface area contributed by atoms with E-state index in [1.165, 1.54) is 12.1 Å². The van der Waals surface area contributed by atoms with E-state index >= 15 is 0 Å². The van der Waals surface area contributed by atoms with Crippen molar-refractivity contribution in [2.75, 3.05) is 10.7 Å². The van der Waals surface area contributed by atoms with Crippen LogP contribution in [0.3, 0.4) is 0 Å². The number of carbonyl (C=O) groups excluding carboxylic acids is 1. The number of nitriles is 1. The molecule has 146 valence electrons. The number of hydrogen-bond donors (Lipinski definition) is 4. The average molecular weight is 390 g/mol. The largest absolute Gasteiger partial charge is 0.382 e. The smallest absolute Gasteiger partial charge is 0.201 e. The predicted octanol–water partition coefficient (Wildman–Crippen LogP) is 3.50.